The molecule has 178 valence electrons. The van der Waals surface area contributed by atoms with Crippen LogP contribution in [-0.2, 0) is 4.79 Å². The molecule has 1 aliphatic rings. The van der Waals surface area contributed by atoms with Crippen molar-refractivity contribution < 1.29 is 9.53 Å². The van der Waals surface area contributed by atoms with Gasteiger partial charge in [0, 0.05) is 11.3 Å². The van der Waals surface area contributed by atoms with Crippen molar-refractivity contribution in [2.24, 2.45) is 0 Å². The number of hydrogen-bond acceptors (Lipinski definition) is 6. The highest BCUT2D eigenvalue weighted by Crippen LogP contribution is 2.39. The van der Waals surface area contributed by atoms with Crippen LogP contribution in [0.4, 0.5) is 5.69 Å². The standard InChI is InChI=1S/C27H27N5O2S/c1-4-34-21-14-12-19(13-15-21)23-24(26(33)28-22-16-17(2)10-11-18(22)3)35-27-30-29-25(32(27)31-23)20-8-6-5-7-9-20/h5-16,23-24,31H,4H2,1-3H3,(H,28,33). The number of carbonyl (C=O) groups excluding carboxylic acids is 1. The maximum Gasteiger partial charge on any atom is 0.240 e. The summed E-state index contributed by atoms with van der Waals surface area (Å²) in [7, 11) is 0. The van der Waals surface area contributed by atoms with Gasteiger partial charge in [-0.25, -0.2) is 4.68 Å². The molecule has 7 nitrogen and oxygen atoms in total. The van der Waals surface area contributed by atoms with Gasteiger partial charge in [0.05, 0.1) is 12.6 Å². The second-order valence-corrected chi connectivity index (χ2v) is 9.57. The van der Waals surface area contributed by atoms with Crippen LogP contribution < -0.4 is 15.5 Å². The first kappa shape index (κ1) is 23.0. The van der Waals surface area contributed by atoms with E-state index < -0.39 is 5.25 Å². The number of amides is 1. The summed E-state index contributed by atoms with van der Waals surface area (Å²) >= 11 is 1.41. The number of ether oxygens (including phenoxy) is 1. The Labute approximate surface area is 208 Å². The van der Waals surface area contributed by atoms with Crippen LogP contribution in [0.2, 0.25) is 0 Å². The van der Waals surface area contributed by atoms with Gasteiger partial charge in [-0.05, 0) is 55.7 Å². The van der Waals surface area contributed by atoms with Crippen LogP contribution in [0.1, 0.15) is 29.7 Å². The van der Waals surface area contributed by atoms with Crippen molar-refractivity contribution in [3.05, 3.63) is 89.5 Å². The third-order valence-electron chi connectivity index (χ3n) is 5.93. The summed E-state index contributed by atoms with van der Waals surface area (Å²) in [5, 5.41) is 12.1. The molecular formula is C27H27N5O2S. The van der Waals surface area contributed by atoms with Crippen molar-refractivity contribution in [1.29, 1.82) is 0 Å². The largest absolute Gasteiger partial charge is 0.494 e. The molecule has 35 heavy (non-hydrogen) atoms. The Morgan fingerprint density at radius 1 is 1.06 bits per heavy atom. The van der Waals surface area contributed by atoms with Crippen LogP contribution in [0.3, 0.4) is 0 Å². The fraction of sp³-hybridized carbons (Fsp3) is 0.222. The number of aryl methyl sites for hydroxylation is 2. The topological polar surface area (TPSA) is 81.1 Å². The Kier molecular flexibility index (Phi) is 6.46. The second kappa shape index (κ2) is 9.84. The van der Waals surface area contributed by atoms with Gasteiger partial charge in [0.15, 0.2) is 5.82 Å². The zero-order chi connectivity index (χ0) is 24.4. The molecule has 2 atom stereocenters. The first-order valence-corrected chi connectivity index (χ1v) is 12.5. The smallest absolute Gasteiger partial charge is 0.240 e. The normalized spacial score (nSPS) is 16.8. The number of aromatic nitrogens is 3. The highest BCUT2D eigenvalue weighted by Gasteiger charge is 2.38. The van der Waals surface area contributed by atoms with Gasteiger partial charge in [-0.2, -0.15) is 0 Å². The van der Waals surface area contributed by atoms with Gasteiger partial charge in [0.1, 0.15) is 11.0 Å². The first-order valence-electron chi connectivity index (χ1n) is 11.6. The monoisotopic (exact) mass is 485 g/mol. The zero-order valence-corrected chi connectivity index (χ0v) is 20.7. The van der Waals surface area contributed by atoms with Crippen molar-refractivity contribution >= 4 is 23.4 Å². The lowest BCUT2D eigenvalue weighted by molar-refractivity contribution is -0.116. The van der Waals surface area contributed by atoms with E-state index in [4.69, 9.17) is 4.74 Å². The Morgan fingerprint density at radius 3 is 2.57 bits per heavy atom. The molecule has 2 unspecified atom stereocenters. The van der Waals surface area contributed by atoms with Crippen LogP contribution in [0.15, 0.2) is 78.0 Å². The summed E-state index contributed by atoms with van der Waals surface area (Å²) in [6.45, 7) is 6.57. The molecule has 0 spiro atoms. The molecule has 0 saturated carbocycles. The van der Waals surface area contributed by atoms with E-state index in [9.17, 15) is 4.79 Å². The van der Waals surface area contributed by atoms with Crippen molar-refractivity contribution in [3.63, 3.8) is 0 Å². The molecule has 1 amide bonds. The molecule has 2 N–H and O–H groups in total. The summed E-state index contributed by atoms with van der Waals surface area (Å²) in [4.78, 5) is 13.6. The molecule has 1 aromatic heterocycles. The third-order valence-corrected chi connectivity index (χ3v) is 7.14. The van der Waals surface area contributed by atoms with E-state index in [0.29, 0.717) is 17.6 Å². The summed E-state index contributed by atoms with van der Waals surface area (Å²) in [5.74, 6) is 1.41. The average molecular weight is 486 g/mol. The maximum atomic E-state index is 13.6. The van der Waals surface area contributed by atoms with Crippen LogP contribution >= 0.6 is 11.8 Å². The molecule has 4 aromatic rings. The third kappa shape index (κ3) is 4.74. The number of benzene rings is 3. The molecule has 0 aliphatic carbocycles. The molecule has 0 bridgehead atoms. The number of thioether (sulfide) groups is 1. The van der Waals surface area contributed by atoms with E-state index in [2.05, 4.69) is 20.9 Å². The SMILES string of the molecule is CCOc1ccc(C2Nn3c(nnc3-c3ccccc3)SC2C(=O)Nc2cc(C)ccc2C)cc1. The summed E-state index contributed by atoms with van der Waals surface area (Å²) in [6.07, 6.45) is 0. The van der Waals surface area contributed by atoms with Crippen LogP contribution in [0, 0.1) is 13.8 Å². The van der Waals surface area contributed by atoms with Crippen molar-refractivity contribution in [2.75, 3.05) is 17.3 Å². The molecule has 3 aromatic carbocycles. The fourth-order valence-electron chi connectivity index (χ4n) is 4.09. The number of anilines is 1. The van der Waals surface area contributed by atoms with Gasteiger partial charge in [-0.1, -0.05) is 66.4 Å². The van der Waals surface area contributed by atoms with E-state index in [1.54, 1.807) is 0 Å². The van der Waals surface area contributed by atoms with Crippen LogP contribution in [0.5, 0.6) is 5.75 Å². The van der Waals surface area contributed by atoms with Gasteiger partial charge >= 0.3 is 0 Å². The van der Waals surface area contributed by atoms with Gasteiger partial charge in [-0.15, -0.1) is 10.2 Å². The molecule has 0 saturated heterocycles. The van der Waals surface area contributed by atoms with Gasteiger partial charge < -0.3 is 15.5 Å². The highest BCUT2D eigenvalue weighted by molar-refractivity contribution is 8.00. The van der Waals surface area contributed by atoms with Crippen LogP contribution in [-0.4, -0.2) is 32.6 Å². The summed E-state index contributed by atoms with van der Waals surface area (Å²) < 4.78 is 7.49. The Morgan fingerprint density at radius 2 is 1.83 bits per heavy atom. The predicted octanol–water partition coefficient (Wildman–Crippen LogP) is 5.36. The van der Waals surface area contributed by atoms with E-state index in [0.717, 1.165) is 33.7 Å². The Bertz CT molecular complexity index is 1340. The quantitative estimate of drug-likeness (QED) is 0.383. The minimum absolute atomic E-state index is 0.0920. The first-order chi connectivity index (χ1) is 17.0. The Hall–Kier alpha value is -3.78. The fourth-order valence-corrected chi connectivity index (χ4v) is 5.17. The lowest BCUT2D eigenvalue weighted by atomic mass is 10.0. The molecule has 0 radical (unpaired) electrons. The molecule has 8 heteroatoms. The molecule has 2 heterocycles. The maximum absolute atomic E-state index is 13.6. The van der Waals surface area contributed by atoms with Gasteiger partial charge in [0.2, 0.25) is 11.1 Å². The molecule has 1 aliphatic heterocycles. The van der Waals surface area contributed by atoms with Crippen molar-refractivity contribution in [3.8, 4) is 17.1 Å². The van der Waals surface area contributed by atoms with Crippen LogP contribution in [0.25, 0.3) is 11.4 Å². The summed E-state index contributed by atoms with van der Waals surface area (Å²) in [5.41, 5.74) is 8.37. The van der Waals surface area contributed by atoms with E-state index in [1.807, 2.05) is 98.2 Å². The number of nitrogens with zero attached hydrogens (tertiary/aromatic N) is 3. The second-order valence-electron chi connectivity index (χ2n) is 8.46. The Balaban J connectivity index is 1.51. The molecular weight excluding hydrogens is 458 g/mol. The minimum Gasteiger partial charge on any atom is -0.494 e. The number of rotatable bonds is 6. The highest BCUT2D eigenvalue weighted by atomic mass is 32.2. The van der Waals surface area contributed by atoms with E-state index in [1.165, 1.54) is 11.8 Å². The van der Waals surface area contributed by atoms with E-state index >= 15 is 0 Å². The van der Waals surface area contributed by atoms with E-state index in [-0.39, 0.29) is 11.9 Å². The number of nitrogens with one attached hydrogen (secondary N) is 2. The molecule has 5 rings (SSSR count). The summed E-state index contributed by atoms with van der Waals surface area (Å²) in [6, 6.07) is 23.5. The van der Waals surface area contributed by atoms with Crippen molar-refractivity contribution in [2.45, 2.75) is 37.2 Å². The van der Waals surface area contributed by atoms with Gasteiger partial charge in [0.25, 0.3) is 0 Å². The van der Waals surface area contributed by atoms with Gasteiger partial charge in [-0.3, -0.25) is 4.79 Å². The number of fused-ring (bicyclic) bond motifs is 1. The molecule has 0 fully saturated rings. The number of carbonyl (C=O) groups is 1. The predicted molar refractivity (Wildman–Crippen MR) is 139 cm³/mol. The number of hydrogen-bond donors (Lipinski definition) is 2. The van der Waals surface area contributed by atoms with Crippen molar-refractivity contribution in [1.82, 2.24) is 14.9 Å². The minimum atomic E-state index is -0.465. The zero-order valence-electron chi connectivity index (χ0n) is 19.9. The lowest BCUT2D eigenvalue weighted by Gasteiger charge is -2.33. The lowest BCUT2D eigenvalue weighted by Crippen LogP contribution is -2.41. The average Bonchev–Trinajstić information content (AvgIpc) is 3.30.